The second kappa shape index (κ2) is 6.22. The second-order valence-corrected chi connectivity index (χ2v) is 5.86. The molecule has 1 aromatic carbocycles. The second-order valence-electron chi connectivity index (χ2n) is 5.86. The summed E-state index contributed by atoms with van der Waals surface area (Å²) < 4.78 is 24.3. The van der Waals surface area contributed by atoms with Crippen LogP contribution in [0.3, 0.4) is 0 Å². The molecule has 0 fully saturated rings. The number of hydrogen-bond acceptors (Lipinski definition) is 5. The van der Waals surface area contributed by atoms with Crippen LogP contribution in [0.2, 0.25) is 0 Å². The minimum absolute atomic E-state index is 0.0623. The number of rotatable bonds is 5. The SMILES string of the molecule is Cc1nnc(COc2ccc(F)cc2CNC(C)(C)C)o1. The van der Waals surface area contributed by atoms with E-state index in [-0.39, 0.29) is 18.0 Å². The van der Waals surface area contributed by atoms with Crippen LogP contribution in [0.1, 0.15) is 38.1 Å². The Balaban J connectivity index is 2.07. The topological polar surface area (TPSA) is 60.2 Å². The van der Waals surface area contributed by atoms with Crippen LogP contribution in [0.5, 0.6) is 5.75 Å². The summed E-state index contributed by atoms with van der Waals surface area (Å²) in [4.78, 5) is 0. The van der Waals surface area contributed by atoms with Crippen LogP contribution in [0.4, 0.5) is 4.39 Å². The molecule has 1 heterocycles. The van der Waals surface area contributed by atoms with Crippen LogP contribution in [-0.4, -0.2) is 15.7 Å². The predicted molar refractivity (Wildman–Crippen MR) is 76.4 cm³/mol. The van der Waals surface area contributed by atoms with Crippen molar-refractivity contribution in [2.45, 2.75) is 46.4 Å². The minimum atomic E-state index is -0.290. The molecule has 5 nitrogen and oxygen atoms in total. The highest BCUT2D eigenvalue weighted by atomic mass is 19.1. The third-order valence-electron chi connectivity index (χ3n) is 2.75. The summed E-state index contributed by atoms with van der Waals surface area (Å²) in [7, 11) is 0. The Hall–Kier alpha value is -1.95. The van der Waals surface area contributed by atoms with Gasteiger partial charge in [-0.15, -0.1) is 10.2 Å². The average Bonchev–Trinajstić information content (AvgIpc) is 2.80. The zero-order valence-corrected chi connectivity index (χ0v) is 12.7. The molecular weight excluding hydrogens is 273 g/mol. The van der Waals surface area contributed by atoms with Crippen molar-refractivity contribution in [1.29, 1.82) is 0 Å². The van der Waals surface area contributed by atoms with E-state index >= 15 is 0 Å². The van der Waals surface area contributed by atoms with Gasteiger partial charge in [0.15, 0.2) is 6.61 Å². The zero-order chi connectivity index (χ0) is 15.5. The molecule has 0 unspecified atom stereocenters. The van der Waals surface area contributed by atoms with Gasteiger partial charge in [-0.3, -0.25) is 0 Å². The molecule has 1 N–H and O–H groups in total. The fourth-order valence-corrected chi connectivity index (χ4v) is 1.72. The summed E-state index contributed by atoms with van der Waals surface area (Å²) in [5.74, 6) is 1.19. The van der Waals surface area contributed by atoms with Gasteiger partial charge in [0.1, 0.15) is 11.6 Å². The van der Waals surface area contributed by atoms with E-state index in [2.05, 4.69) is 15.5 Å². The molecule has 0 aliphatic carbocycles. The molecule has 0 bridgehead atoms. The van der Waals surface area contributed by atoms with Crippen molar-refractivity contribution in [2.75, 3.05) is 0 Å². The average molecular weight is 293 g/mol. The molecule has 0 atom stereocenters. The number of halogens is 1. The third kappa shape index (κ3) is 4.82. The van der Waals surface area contributed by atoms with Crippen molar-refractivity contribution in [3.05, 3.63) is 41.4 Å². The zero-order valence-electron chi connectivity index (χ0n) is 12.7. The van der Waals surface area contributed by atoms with E-state index in [1.807, 2.05) is 20.8 Å². The Kier molecular flexibility index (Phi) is 4.57. The molecule has 2 rings (SSSR count). The van der Waals surface area contributed by atoms with E-state index < -0.39 is 0 Å². The maximum Gasteiger partial charge on any atom is 0.253 e. The van der Waals surface area contributed by atoms with E-state index in [4.69, 9.17) is 9.15 Å². The van der Waals surface area contributed by atoms with Crippen LogP contribution in [-0.2, 0) is 13.2 Å². The van der Waals surface area contributed by atoms with Gasteiger partial charge in [-0.2, -0.15) is 0 Å². The van der Waals surface area contributed by atoms with Gasteiger partial charge in [-0.25, -0.2) is 4.39 Å². The van der Waals surface area contributed by atoms with Gasteiger partial charge in [0.2, 0.25) is 5.89 Å². The Labute approximate surface area is 123 Å². The van der Waals surface area contributed by atoms with Crippen LogP contribution >= 0.6 is 0 Å². The lowest BCUT2D eigenvalue weighted by molar-refractivity contribution is 0.256. The first-order valence-corrected chi connectivity index (χ1v) is 6.79. The van der Waals surface area contributed by atoms with Crippen LogP contribution < -0.4 is 10.1 Å². The minimum Gasteiger partial charge on any atom is -0.483 e. The van der Waals surface area contributed by atoms with Crippen molar-refractivity contribution in [3.63, 3.8) is 0 Å². The number of hydrogen-bond donors (Lipinski definition) is 1. The molecule has 1 aromatic heterocycles. The summed E-state index contributed by atoms with van der Waals surface area (Å²) >= 11 is 0. The Bertz CT molecular complexity index is 605. The van der Waals surface area contributed by atoms with E-state index in [1.54, 1.807) is 13.0 Å². The third-order valence-corrected chi connectivity index (χ3v) is 2.75. The van der Waals surface area contributed by atoms with Gasteiger partial charge in [0.25, 0.3) is 5.89 Å². The van der Waals surface area contributed by atoms with Crippen molar-refractivity contribution >= 4 is 0 Å². The monoisotopic (exact) mass is 293 g/mol. The lowest BCUT2D eigenvalue weighted by Gasteiger charge is -2.21. The number of benzene rings is 1. The highest BCUT2D eigenvalue weighted by molar-refractivity contribution is 5.34. The first-order chi connectivity index (χ1) is 9.83. The molecule has 0 saturated heterocycles. The smallest absolute Gasteiger partial charge is 0.253 e. The number of nitrogens with zero attached hydrogens (tertiary/aromatic N) is 2. The molecule has 0 amide bonds. The van der Waals surface area contributed by atoms with Crippen molar-refractivity contribution < 1.29 is 13.5 Å². The number of ether oxygens (including phenoxy) is 1. The van der Waals surface area contributed by atoms with Crippen molar-refractivity contribution in [3.8, 4) is 5.75 Å². The molecule has 0 aliphatic heterocycles. The lowest BCUT2D eigenvalue weighted by Crippen LogP contribution is -2.35. The fourth-order valence-electron chi connectivity index (χ4n) is 1.72. The highest BCUT2D eigenvalue weighted by Crippen LogP contribution is 2.21. The van der Waals surface area contributed by atoms with Gasteiger partial charge < -0.3 is 14.5 Å². The van der Waals surface area contributed by atoms with Gasteiger partial charge in [0.05, 0.1) is 0 Å². The molecule has 0 spiro atoms. The molecule has 2 aromatic rings. The van der Waals surface area contributed by atoms with E-state index in [0.29, 0.717) is 24.1 Å². The predicted octanol–water partition coefficient (Wildman–Crippen LogP) is 2.98. The Morgan fingerprint density at radius 2 is 2.05 bits per heavy atom. The first kappa shape index (κ1) is 15.4. The number of aryl methyl sites for hydroxylation is 1. The fraction of sp³-hybridized carbons (Fsp3) is 0.467. The summed E-state index contributed by atoms with van der Waals surface area (Å²) in [5.41, 5.74) is 0.689. The maximum absolute atomic E-state index is 13.4. The van der Waals surface area contributed by atoms with Gasteiger partial charge in [-0.1, -0.05) is 0 Å². The summed E-state index contributed by atoms with van der Waals surface area (Å²) in [6.07, 6.45) is 0. The molecule has 114 valence electrons. The van der Waals surface area contributed by atoms with Gasteiger partial charge in [-0.05, 0) is 39.0 Å². The lowest BCUT2D eigenvalue weighted by atomic mass is 10.1. The van der Waals surface area contributed by atoms with Crippen molar-refractivity contribution in [2.24, 2.45) is 0 Å². The van der Waals surface area contributed by atoms with Gasteiger partial charge >= 0.3 is 0 Å². The summed E-state index contributed by atoms with van der Waals surface area (Å²) in [6.45, 7) is 8.54. The van der Waals surface area contributed by atoms with Gasteiger partial charge in [0, 0.05) is 24.6 Å². The van der Waals surface area contributed by atoms with Crippen LogP contribution in [0.25, 0.3) is 0 Å². The van der Waals surface area contributed by atoms with E-state index in [0.717, 1.165) is 5.56 Å². The highest BCUT2D eigenvalue weighted by Gasteiger charge is 2.13. The van der Waals surface area contributed by atoms with Crippen LogP contribution in [0.15, 0.2) is 22.6 Å². The largest absolute Gasteiger partial charge is 0.483 e. The molecular formula is C15H20FN3O2. The van der Waals surface area contributed by atoms with E-state index in [9.17, 15) is 4.39 Å². The Morgan fingerprint density at radius 1 is 1.29 bits per heavy atom. The summed E-state index contributed by atoms with van der Waals surface area (Å²) in [5, 5.41) is 10.9. The molecule has 0 saturated carbocycles. The summed E-state index contributed by atoms with van der Waals surface area (Å²) in [6, 6.07) is 4.44. The molecule has 0 radical (unpaired) electrons. The molecule has 21 heavy (non-hydrogen) atoms. The van der Waals surface area contributed by atoms with Crippen LogP contribution in [0, 0.1) is 12.7 Å². The first-order valence-electron chi connectivity index (χ1n) is 6.79. The van der Waals surface area contributed by atoms with Crippen molar-refractivity contribution in [1.82, 2.24) is 15.5 Å². The standard InChI is InChI=1S/C15H20FN3O2/c1-10-18-19-14(21-10)9-20-13-6-5-12(16)7-11(13)8-17-15(2,3)4/h5-7,17H,8-9H2,1-4H3. The number of nitrogens with one attached hydrogen (secondary N) is 1. The quantitative estimate of drug-likeness (QED) is 0.918. The molecule has 0 aliphatic rings. The maximum atomic E-state index is 13.4. The van der Waals surface area contributed by atoms with E-state index in [1.165, 1.54) is 12.1 Å². The normalized spacial score (nSPS) is 11.7. The molecule has 6 heteroatoms. The Morgan fingerprint density at radius 3 is 2.67 bits per heavy atom. The number of aromatic nitrogens is 2.